The lowest BCUT2D eigenvalue weighted by molar-refractivity contribution is -0.173. The monoisotopic (exact) mass is 325 g/mol. The summed E-state index contributed by atoms with van der Waals surface area (Å²) in [5.41, 5.74) is -1.98. The molecule has 5 nitrogen and oxygen atoms in total. The molecular formula is C16H23NO4S. The van der Waals surface area contributed by atoms with E-state index >= 15 is 0 Å². The summed E-state index contributed by atoms with van der Waals surface area (Å²) in [4.78, 5) is 25.3. The lowest BCUT2D eigenvalue weighted by Crippen LogP contribution is -2.66. The van der Waals surface area contributed by atoms with Crippen molar-refractivity contribution in [3.63, 3.8) is 0 Å². The summed E-state index contributed by atoms with van der Waals surface area (Å²) in [5.74, 6) is -0.978. The molecular weight excluding hydrogens is 302 g/mol. The number of hydrogen-bond donors (Lipinski definition) is 1. The van der Waals surface area contributed by atoms with Gasteiger partial charge in [0.25, 0.3) is 0 Å². The largest absolute Gasteiger partial charge is 0.466 e. The summed E-state index contributed by atoms with van der Waals surface area (Å²) in [7, 11) is 1.32. The molecule has 1 fully saturated rings. The van der Waals surface area contributed by atoms with E-state index < -0.39 is 17.5 Å². The molecule has 0 radical (unpaired) electrons. The highest BCUT2D eigenvalue weighted by molar-refractivity contribution is 7.11. The molecule has 0 atom stereocenters. The van der Waals surface area contributed by atoms with Crippen LogP contribution in [0.15, 0.2) is 17.5 Å². The van der Waals surface area contributed by atoms with Gasteiger partial charge in [-0.05, 0) is 39.1 Å². The van der Waals surface area contributed by atoms with Crippen LogP contribution in [0, 0.1) is 0 Å². The van der Waals surface area contributed by atoms with Gasteiger partial charge in [0.05, 0.1) is 7.11 Å². The summed E-state index contributed by atoms with van der Waals surface area (Å²) in [6.45, 7) is 7.96. The number of carbonyl (C=O) groups is 2. The molecule has 2 rings (SSSR count). The molecule has 0 aliphatic carbocycles. The first-order valence-corrected chi connectivity index (χ1v) is 8.12. The normalized spacial score (nSPS) is 21.9. The summed E-state index contributed by atoms with van der Waals surface area (Å²) < 4.78 is 10.7. The van der Waals surface area contributed by atoms with Gasteiger partial charge in [-0.1, -0.05) is 6.07 Å². The van der Waals surface area contributed by atoms with Crippen LogP contribution in [0.25, 0.3) is 0 Å². The van der Waals surface area contributed by atoms with Gasteiger partial charge < -0.3 is 14.8 Å². The number of piperidine rings is 1. The predicted molar refractivity (Wildman–Crippen MR) is 85.0 cm³/mol. The van der Waals surface area contributed by atoms with Gasteiger partial charge in [-0.2, -0.15) is 0 Å². The van der Waals surface area contributed by atoms with Crippen molar-refractivity contribution in [1.82, 2.24) is 5.32 Å². The number of methoxy groups -OCH3 is 1. The third-order valence-corrected chi connectivity index (χ3v) is 4.55. The van der Waals surface area contributed by atoms with Gasteiger partial charge in [-0.15, -0.1) is 11.3 Å². The molecule has 0 saturated carbocycles. The van der Waals surface area contributed by atoms with E-state index in [0.717, 1.165) is 0 Å². The van der Waals surface area contributed by atoms with Crippen LogP contribution in [0.3, 0.4) is 0 Å². The Hall–Kier alpha value is -1.40. The molecule has 0 bridgehead atoms. The highest BCUT2D eigenvalue weighted by atomic mass is 32.1. The molecule has 1 aromatic heterocycles. The standard InChI is InChI=1S/C16H23NO4S/c1-14(2)9-16(13(19)20-5,10-15(3,4)17-14)21-12(18)11-7-6-8-22-11/h6-8,17H,9-10H2,1-5H3. The minimum absolute atomic E-state index is 0.355. The number of rotatable bonds is 3. The van der Waals surface area contributed by atoms with Gasteiger partial charge in [0, 0.05) is 23.9 Å². The van der Waals surface area contributed by atoms with Crippen molar-refractivity contribution in [2.24, 2.45) is 0 Å². The zero-order valence-corrected chi connectivity index (χ0v) is 14.5. The summed E-state index contributed by atoms with van der Waals surface area (Å²) in [6.07, 6.45) is 0.737. The first kappa shape index (κ1) is 17.0. The second-order valence-electron chi connectivity index (χ2n) is 7.10. The van der Waals surface area contributed by atoms with Crippen molar-refractivity contribution in [3.05, 3.63) is 22.4 Å². The van der Waals surface area contributed by atoms with E-state index in [1.165, 1.54) is 18.4 Å². The topological polar surface area (TPSA) is 64.6 Å². The summed E-state index contributed by atoms with van der Waals surface area (Å²) in [5, 5.41) is 5.28. The Bertz CT molecular complexity index is 547. The number of hydrogen-bond acceptors (Lipinski definition) is 6. The van der Waals surface area contributed by atoms with Gasteiger partial charge in [-0.3, -0.25) is 0 Å². The lowest BCUT2D eigenvalue weighted by Gasteiger charge is -2.50. The molecule has 22 heavy (non-hydrogen) atoms. The Morgan fingerprint density at radius 2 is 1.77 bits per heavy atom. The summed E-state index contributed by atoms with van der Waals surface area (Å²) >= 11 is 1.30. The third-order valence-electron chi connectivity index (χ3n) is 3.70. The van der Waals surface area contributed by atoms with Crippen LogP contribution < -0.4 is 5.32 Å². The Kier molecular flexibility index (Phi) is 4.37. The van der Waals surface area contributed by atoms with Gasteiger partial charge in [0.1, 0.15) is 4.88 Å². The van der Waals surface area contributed by atoms with Crippen molar-refractivity contribution in [2.75, 3.05) is 7.11 Å². The fourth-order valence-corrected chi connectivity index (χ4v) is 4.16. The van der Waals surface area contributed by atoms with Gasteiger partial charge in [0.2, 0.25) is 5.60 Å². The molecule has 6 heteroatoms. The minimum atomic E-state index is -1.27. The maximum atomic E-state index is 12.4. The van der Waals surface area contributed by atoms with E-state index in [9.17, 15) is 9.59 Å². The van der Waals surface area contributed by atoms with Crippen LogP contribution in [-0.4, -0.2) is 35.7 Å². The average Bonchev–Trinajstić information content (AvgIpc) is 2.87. The molecule has 0 spiro atoms. The molecule has 1 aliphatic rings. The highest BCUT2D eigenvalue weighted by Gasteiger charge is 2.55. The Morgan fingerprint density at radius 1 is 1.18 bits per heavy atom. The van der Waals surface area contributed by atoms with E-state index in [0.29, 0.717) is 17.7 Å². The number of nitrogens with one attached hydrogen (secondary N) is 1. The van der Waals surface area contributed by atoms with Crippen molar-refractivity contribution in [3.8, 4) is 0 Å². The zero-order valence-electron chi connectivity index (χ0n) is 13.7. The number of thiophene rings is 1. The second kappa shape index (κ2) is 5.66. The van der Waals surface area contributed by atoms with Crippen molar-refractivity contribution in [1.29, 1.82) is 0 Å². The van der Waals surface area contributed by atoms with Crippen LogP contribution in [-0.2, 0) is 14.3 Å². The fourth-order valence-electron chi connectivity index (χ4n) is 3.56. The van der Waals surface area contributed by atoms with Gasteiger partial charge in [-0.25, -0.2) is 9.59 Å². The first-order valence-electron chi connectivity index (χ1n) is 7.24. The quantitative estimate of drug-likeness (QED) is 0.866. The van der Waals surface area contributed by atoms with E-state index in [4.69, 9.17) is 9.47 Å². The fraction of sp³-hybridized carbons (Fsp3) is 0.625. The highest BCUT2D eigenvalue weighted by Crippen LogP contribution is 2.40. The van der Waals surface area contributed by atoms with Crippen LogP contribution in [0.4, 0.5) is 0 Å². The Morgan fingerprint density at radius 3 is 2.23 bits per heavy atom. The van der Waals surface area contributed by atoms with Crippen LogP contribution in [0.1, 0.15) is 50.2 Å². The Balaban J connectivity index is 2.36. The van der Waals surface area contributed by atoms with E-state index in [2.05, 4.69) is 5.32 Å². The predicted octanol–water partition coefficient (Wildman–Crippen LogP) is 2.76. The molecule has 122 valence electrons. The number of ether oxygens (including phenoxy) is 2. The molecule has 0 aromatic carbocycles. The van der Waals surface area contributed by atoms with Crippen LogP contribution >= 0.6 is 11.3 Å². The SMILES string of the molecule is COC(=O)C1(OC(=O)c2cccs2)CC(C)(C)NC(C)(C)C1. The maximum Gasteiger partial charge on any atom is 0.350 e. The minimum Gasteiger partial charge on any atom is -0.466 e. The molecule has 1 aliphatic heterocycles. The molecule has 1 aromatic rings. The Labute approximate surface area is 135 Å². The van der Waals surface area contributed by atoms with Crippen LogP contribution in [0.5, 0.6) is 0 Å². The van der Waals surface area contributed by atoms with E-state index in [1.54, 1.807) is 17.5 Å². The number of esters is 2. The first-order chi connectivity index (χ1) is 10.1. The average molecular weight is 325 g/mol. The van der Waals surface area contributed by atoms with Crippen LogP contribution in [0.2, 0.25) is 0 Å². The number of carbonyl (C=O) groups excluding carboxylic acids is 2. The molecule has 1 N–H and O–H groups in total. The van der Waals surface area contributed by atoms with Gasteiger partial charge >= 0.3 is 11.9 Å². The second-order valence-corrected chi connectivity index (χ2v) is 8.05. The van der Waals surface area contributed by atoms with Crippen molar-refractivity contribution < 1.29 is 19.1 Å². The lowest BCUT2D eigenvalue weighted by atomic mass is 9.72. The molecule has 0 unspecified atom stereocenters. The third kappa shape index (κ3) is 3.50. The van der Waals surface area contributed by atoms with Gasteiger partial charge in [0.15, 0.2) is 0 Å². The van der Waals surface area contributed by atoms with E-state index in [-0.39, 0.29) is 11.1 Å². The molecule has 1 saturated heterocycles. The molecule has 0 amide bonds. The van der Waals surface area contributed by atoms with Crippen molar-refractivity contribution >= 4 is 23.3 Å². The summed E-state index contributed by atoms with van der Waals surface area (Å²) in [6, 6.07) is 3.47. The van der Waals surface area contributed by atoms with E-state index in [1.807, 2.05) is 27.7 Å². The van der Waals surface area contributed by atoms with Crippen molar-refractivity contribution in [2.45, 2.75) is 57.2 Å². The zero-order chi connectivity index (χ0) is 16.6. The maximum absolute atomic E-state index is 12.4. The molecule has 2 heterocycles. The smallest absolute Gasteiger partial charge is 0.350 e.